The van der Waals surface area contributed by atoms with Crippen LogP contribution in [0.1, 0.15) is 43.2 Å². The third-order valence-corrected chi connectivity index (χ3v) is 4.61. The highest BCUT2D eigenvalue weighted by molar-refractivity contribution is 9.10. The molecule has 0 saturated heterocycles. The van der Waals surface area contributed by atoms with Crippen LogP contribution in [-0.2, 0) is 12.7 Å². The molecule has 2 rings (SSSR count). The van der Waals surface area contributed by atoms with Crippen molar-refractivity contribution in [3.8, 4) is 0 Å². The van der Waals surface area contributed by atoms with Gasteiger partial charge in [0, 0.05) is 22.7 Å². The van der Waals surface area contributed by atoms with Crippen LogP contribution in [-0.4, -0.2) is 18.0 Å². The number of alkyl halides is 3. The zero-order chi connectivity index (χ0) is 15.6. The minimum absolute atomic E-state index is 0.159. The number of halogens is 4. The maximum atomic E-state index is 13.0. The van der Waals surface area contributed by atoms with Crippen molar-refractivity contribution in [3.63, 3.8) is 0 Å². The largest absolute Gasteiger partial charge is 0.418 e. The number of anilines is 1. The Kier molecular flexibility index (Phi) is 5.20. The molecule has 1 aliphatic rings. The number of nitrogen functional groups attached to an aromatic ring is 1. The van der Waals surface area contributed by atoms with Crippen LogP contribution in [0.3, 0.4) is 0 Å². The van der Waals surface area contributed by atoms with Crippen LogP contribution in [0, 0.1) is 0 Å². The zero-order valence-corrected chi connectivity index (χ0v) is 13.6. The average Bonchev–Trinajstić information content (AvgIpc) is 2.42. The van der Waals surface area contributed by atoms with Crippen LogP contribution in [0.2, 0.25) is 0 Å². The van der Waals surface area contributed by atoms with E-state index in [0.29, 0.717) is 22.6 Å². The van der Waals surface area contributed by atoms with Crippen LogP contribution < -0.4 is 5.73 Å². The Morgan fingerprint density at radius 3 is 2.43 bits per heavy atom. The highest BCUT2D eigenvalue weighted by atomic mass is 79.9. The van der Waals surface area contributed by atoms with Gasteiger partial charge in [-0.3, -0.25) is 4.90 Å². The first kappa shape index (κ1) is 16.6. The van der Waals surface area contributed by atoms with Crippen LogP contribution in [0.25, 0.3) is 0 Å². The van der Waals surface area contributed by atoms with Crippen molar-refractivity contribution in [1.29, 1.82) is 0 Å². The smallest absolute Gasteiger partial charge is 0.398 e. The summed E-state index contributed by atoms with van der Waals surface area (Å²) < 4.78 is 39.4. The molecule has 1 aromatic rings. The summed E-state index contributed by atoms with van der Waals surface area (Å²) in [5.74, 6) is 0. The molecule has 0 heterocycles. The molecule has 2 nitrogen and oxygen atoms in total. The third-order valence-electron chi connectivity index (χ3n) is 4.15. The van der Waals surface area contributed by atoms with Crippen molar-refractivity contribution in [3.05, 3.63) is 27.7 Å². The molecule has 0 aliphatic heterocycles. The van der Waals surface area contributed by atoms with Gasteiger partial charge in [0.05, 0.1) is 5.56 Å². The second-order valence-electron chi connectivity index (χ2n) is 5.73. The first-order valence-corrected chi connectivity index (χ1v) is 7.93. The van der Waals surface area contributed by atoms with E-state index in [0.717, 1.165) is 18.9 Å². The van der Waals surface area contributed by atoms with Gasteiger partial charge < -0.3 is 5.73 Å². The lowest BCUT2D eigenvalue weighted by atomic mass is 9.94. The predicted octanol–water partition coefficient (Wildman–Crippen LogP) is 4.81. The third kappa shape index (κ3) is 4.13. The van der Waals surface area contributed by atoms with Gasteiger partial charge in [0.1, 0.15) is 0 Å². The van der Waals surface area contributed by atoms with E-state index < -0.39 is 11.7 Å². The Balaban J connectivity index is 2.21. The lowest BCUT2D eigenvalue weighted by molar-refractivity contribution is -0.137. The van der Waals surface area contributed by atoms with Crippen LogP contribution >= 0.6 is 15.9 Å². The van der Waals surface area contributed by atoms with Crippen LogP contribution in [0.5, 0.6) is 0 Å². The van der Waals surface area contributed by atoms with Crippen molar-refractivity contribution < 1.29 is 13.2 Å². The predicted molar refractivity (Wildman–Crippen MR) is 81.9 cm³/mol. The number of hydrogen-bond donors (Lipinski definition) is 1. The summed E-state index contributed by atoms with van der Waals surface area (Å²) in [5, 5.41) is 0. The fourth-order valence-corrected chi connectivity index (χ4v) is 3.46. The van der Waals surface area contributed by atoms with E-state index in [-0.39, 0.29) is 5.69 Å². The second kappa shape index (κ2) is 6.57. The highest BCUT2D eigenvalue weighted by Gasteiger charge is 2.34. The van der Waals surface area contributed by atoms with Gasteiger partial charge in [-0.1, -0.05) is 35.2 Å². The van der Waals surface area contributed by atoms with Crippen LogP contribution in [0.15, 0.2) is 16.6 Å². The minimum Gasteiger partial charge on any atom is -0.398 e. The fraction of sp³-hybridized carbons (Fsp3) is 0.600. The Morgan fingerprint density at radius 2 is 1.86 bits per heavy atom. The summed E-state index contributed by atoms with van der Waals surface area (Å²) in [4.78, 5) is 2.12. The van der Waals surface area contributed by atoms with Gasteiger partial charge in [0.25, 0.3) is 0 Å². The fourth-order valence-electron chi connectivity index (χ4n) is 2.96. The molecule has 0 unspecified atom stereocenters. The highest BCUT2D eigenvalue weighted by Crippen LogP contribution is 2.38. The summed E-state index contributed by atoms with van der Waals surface area (Å²) in [6.07, 6.45) is 1.42. The molecule has 6 heteroatoms. The number of nitrogens with zero attached hydrogens (tertiary/aromatic N) is 1. The molecule has 0 amide bonds. The molecule has 118 valence electrons. The van der Waals surface area contributed by atoms with E-state index in [1.807, 2.05) is 7.05 Å². The van der Waals surface area contributed by atoms with E-state index in [9.17, 15) is 13.2 Å². The van der Waals surface area contributed by atoms with E-state index in [2.05, 4.69) is 20.8 Å². The van der Waals surface area contributed by atoms with Crippen molar-refractivity contribution in [2.45, 2.75) is 50.9 Å². The molecule has 1 saturated carbocycles. The summed E-state index contributed by atoms with van der Waals surface area (Å²) in [6, 6.07) is 3.16. The maximum absolute atomic E-state index is 13.0. The summed E-state index contributed by atoms with van der Waals surface area (Å²) in [6.45, 7) is 0.443. The van der Waals surface area contributed by atoms with E-state index in [4.69, 9.17) is 5.73 Å². The Labute approximate surface area is 131 Å². The number of rotatable bonds is 3. The minimum atomic E-state index is -4.42. The molecule has 21 heavy (non-hydrogen) atoms. The van der Waals surface area contributed by atoms with Gasteiger partial charge in [-0.2, -0.15) is 13.2 Å². The van der Waals surface area contributed by atoms with Gasteiger partial charge >= 0.3 is 6.18 Å². The van der Waals surface area contributed by atoms with E-state index in [1.54, 1.807) is 6.07 Å². The van der Waals surface area contributed by atoms with E-state index >= 15 is 0 Å². The maximum Gasteiger partial charge on any atom is 0.418 e. The lowest BCUT2D eigenvalue weighted by Gasteiger charge is -2.31. The standard InChI is InChI=1S/C15H20BrF3N2/c1-21(12-5-3-2-4-6-12)9-10-7-11(16)8-13(14(10)20)15(17,18)19/h7-8,12H,2-6,9,20H2,1H3. The molecule has 1 aromatic carbocycles. The molecule has 1 fully saturated rings. The van der Waals surface area contributed by atoms with Gasteiger partial charge in [-0.05, 0) is 37.6 Å². The van der Waals surface area contributed by atoms with Crippen molar-refractivity contribution in [1.82, 2.24) is 4.90 Å². The number of nitrogens with two attached hydrogens (primary N) is 1. The topological polar surface area (TPSA) is 29.3 Å². The van der Waals surface area contributed by atoms with Crippen molar-refractivity contribution in [2.24, 2.45) is 0 Å². The normalized spacial score (nSPS) is 17.4. The monoisotopic (exact) mass is 364 g/mol. The first-order chi connectivity index (χ1) is 9.79. The summed E-state index contributed by atoms with van der Waals surface area (Å²) in [7, 11) is 1.96. The Hall–Kier alpha value is -0.750. The number of benzene rings is 1. The molecule has 0 aromatic heterocycles. The molecule has 2 N–H and O–H groups in total. The molecular weight excluding hydrogens is 345 g/mol. The Morgan fingerprint density at radius 1 is 1.24 bits per heavy atom. The van der Waals surface area contributed by atoms with Crippen molar-refractivity contribution >= 4 is 21.6 Å². The molecule has 0 atom stereocenters. The average molecular weight is 365 g/mol. The van der Waals surface area contributed by atoms with Crippen molar-refractivity contribution in [2.75, 3.05) is 12.8 Å². The summed E-state index contributed by atoms with van der Waals surface area (Å²) >= 11 is 3.15. The molecule has 1 aliphatic carbocycles. The molecular formula is C15H20BrF3N2. The molecule has 0 bridgehead atoms. The molecule has 0 radical (unpaired) electrons. The first-order valence-electron chi connectivity index (χ1n) is 7.14. The van der Waals surface area contributed by atoms with Crippen LogP contribution in [0.4, 0.5) is 18.9 Å². The molecule has 0 spiro atoms. The van der Waals surface area contributed by atoms with Gasteiger partial charge in [-0.15, -0.1) is 0 Å². The SMILES string of the molecule is CN(Cc1cc(Br)cc(C(F)(F)F)c1N)C1CCCCC1. The summed E-state index contributed by atoms with van der Waals surface area (Å²) in [5.41, 5.74) is 5.36. The second-order valence-corrected chi connectivity index (χ2v) is 6.65. The van der Waals surface area contributed by atoms with Gasteiger partial charge in [0.15, 0.2) is 0 Å². The quantitative estimate of drug-likeness (QED) is 0.779. The lowest BCUT2D eigenvalue weighted by Crippen LogP contribution is -2.33. The van der Waals surface area contributed by atoms with Gasteiger partial charge in [-0.25, -0.2) is 0 Å². The number of hydrogen-bond acceptors (Lipinski definition) is 2. The zero-order valence-electron chi connectivity index (χ0n) is 12.0. The van der Waals surface area contributed by atoms with E-state index in [1.165, 1.54) is 19.3 Å². The Bertz CT molecular complexity index is 496. The van der Waals surface area contributed by atoms with Gasteiger partial charge in [0.2, 0.25) is 0 Å².